The molecular weight excluding hydrogens is 524 g/mol. The second kappa shape index (κ2) is 17.0. The Labute approximate surface area is 242 Å². The number of carbonyl (C=O) groups is 2. The second-order valence-electron chi connectivity index (χ2n) is 9.61. The highest BCUT2D eigenvalue weighted by molar-refractivity contribution is 6.20. The molecule has 0 aliphatic rings. The second-order valence-corrected chi connectivity index (χ2v) is 10.4. The lowest BCUT2D eigenvalue weighted by atomic mass is 10.0. The van der Waals surface area contributed by atoms with E-state index in [1.165, 1.54) is 38.5 Å². The van der Waals surface area contributed by atoms with E-state index < -0.39 is 11.9 Å². The molecule has 0 bridgehead atoms. The fraction of sp³-hybridized carbons (Fsp3) is 0.353. The average Bonchev–Trinajstić information content (AvgIpc) is 2.97. The highest BCUT2D eigenvalue weighted by atomic mass is 35.5. The number of hydrogen-bond donors (Lipinski definition) is 0. The summed E-state index contributed by atoms with van der Waals surface area (Å²) >= 11 is 5.82. The Kier molecular flexibility index (Phi) is 13.1. The van der Waals surface area contributed by atoms with Gasteiger partial charge in [-0.05, 0) is 73.0 Å². The topological polar surface area (TPSA) is 61.8 Å². The number of hydrogen-bond acceptors (Lipinski definition) is 5. The van der Waals surface area contributed by atoms with Crippen molar-refractivity contribution in [3.8, 4) is 34.5 Å². The van der Waals surface area contributed by atoms with Crippen LogP contribution in [0.2, 0.25) is 0 Å². The van der Waals surface area contributed by atoms with Gasteiger partial charge in [-0.25, -0.2) is 9.59 Å². The predicted octanol–water partition coefficient (Wildman–Crippen LogP) is 8.22. The third kappa shape index (κ3) is 11.2. The van der Waals surface area contributed by atoms with Gasteiger partial charge in [-0.1, -0.05) is 75.6 Å². The first-order chi connectivity index (χ1) is 19.4. The van der Waals surface area contributed by atoms with Crippen molar-refractivity contribution in [2.45, 2.75) is 64.2 Å². The van der Waals surface area contributed by atoms with Crippen LogP contribution in [-0.2, 0) is 9.53 Å². The molecule has 1 atom stereocenters. The van der Waals surface area contributed by atoms with Crippen LogP contribution < -0.4 is 9.47 Å². The van der Waals surface area contributed by atoms with Gasteiger partial charge in [0, 0.05) is 11.5 Å². The fourth-order valence-corrected chi connectivity index (χ4v) is 3.99. The Morgan fingerprint density at radius 3 is 1.98 bits per heavy atom. The van der Waals surface area contributed by atoms with Crippen molar-refractivity contribution in [1.29, 1.82) is 0 Å². The lowest BCUT2D eigenvalue weighted by Crippen LogP contribution is -2.11. The molecule has 0 amide bonds. The summed E-state index contributed by atoms with van der Waals surface area (Å²) in [5.74, 6) is 5.51. The van der Waals surface area contributed by atoms with E-state index in [-0.39, 0.29) is 12.0 Å². The molecule has 3 aromatic carbocycles. The van der Waals surface area contributed by atoms with Gasteiger partial charge in [-0.2, -0.15) is 0 Å². The van der Waals surface area contributed by atoms with Crippen LogP contribution in [0.15, 0.2) is 72.8 Å². The quantitative estimate of drug-likeness (QED) is 0.0653. The lowest BCUT2D eigenvalue weighted by Gasteiger charge is -2.07. The molecule has 5 nitrogen and oxygen atoms in total. The van der Waals surface area contributed by atoms with E-state index in [1.807, 2.05) is 48.5 Å². The van der Waals surface area contributed by atoms with Gasteiger partial charge < -0.3 is 14.2 Å². The summed E-state index contributed by atoms with van der Waals surface area (Å²) in [6.45, 7) is 4.86. The van der Waals surface area contributed by atoms with Crippen LogP contribution in [0, 0.1) is 11.8 Å². The Balaban J connectivity index is 1.43. The number of ether oxygens (including phenoxy) is 3. The van der Waals surface area contributed by atoms with Crippen molar-refractivity contribution in [3.63, 3.8) is 0 Å². The Hall–Kier alpha value is -3.75. The van der Waals surface area contributed by atoms with Crippen molar-refractivity contribution in [3.05, 3.63) is 83.9 Å². The zero-order chi connectivity index (χ0) is 28.6. The van der Waals surface area contributed by atoms with E-state index in [2.05, 4.69) is 18.8 Å². The van der Waals surface area contributed by atoms with Crippen molar-refractivity contribution in [2.24, 2.45) is 0 Å². The summed E-state index contributed by atoms with van der Waals surface area (Å²) in [4.78, 5) is 24.3. The average molecular weight is 561 g/mol. The number of unbranched alkanes of at least 4 members (excludes halogenated alkanes) is 6. The van der Waals surface area contributed by atoms with Crippen LogP contribution in [0.4, 0.5) is 0 Å². The molecule has 0 aliphatic carbocycles. The normalized spacial score (nSPS) is 11.2. The van der Waals surface area contributed by atoms with E-state index in [0.29, 0.717) is 23.5 Å². The number of halogens is 1. The first-order valence-corrected chi connectivity index (χ1v) is 14.4. The molecule has 0 fully saturated rings. The molecule has 0 aromatic heterocycles. The highest BCUT2D eigenvalue weighted by Crippen LogP contribution is 2.23. The highest BCUT2D eigenvalue weighted by Gasteiger charge is 2.09. The van der Waals surface area contributed by atoms with Gasteiger partial charge in [0.15, 0.2) is 0 Å². The monoisotopic (exact) mass is 560 g/mol. The van der Waals surface area contributed by atoms with Crippen LogP contribution in [0.3, 0.4) is 0 Å². The van der Waals surface area contributed by atoms with Gasteiger partial charge in [0.1, 0.15) is 18.1 Å². The van der Waals surface area contributed by atoms with Gasteiger partial charge in [0.25, 0.3) is 0 Å². The van der Waals surface area contributed by atoms with E-state index in [0.717, 1.165) is 23.3 Å². The molecule has 0 unspecified atom stereocenters. The third-order valence-corrected chi connectivity index (χ3v) is 6.27. The molecule has 0 aliphatic heterocycles. The maximum Gasteiger partial charge on any atom is 0.390 e. The van der Waals surface area contributed by atoms with Crippen LogP contribution in [0.1, 0.15) is 74.7 Å². The molecule has 0 spiro atoms. The zero-order valence-electron chi connectivity index (χ0n) is 23.3. The molecule has 210 valence electrons. The first kappa shape index (κ1) is 30.8. The molecule has 0 N–H and O–H groups in total. The van der Waals surface area contributed by atoms with E-state index in [9.17, 15) is 9.59 Å². The minimum Gasteiger partial charge on any atom is -0.494 e. The molecule has 0 heterocycles. The van der Waals surface area contributed by atoms with Gasteiger partial charge in [-0.3, -0.25) is 0 Å². The molecule has 6 heteroatoms. The molecule has 0 radical (unpaired) electrons. The van der Waals surface area contributed by atoms with E-state index >= 15 is 0 Å². The third-order valence-electron chi connectivity index (χ3n) is 6.14. The number of carbonyl (C=O) groups excluding carboxylic acids is 2. The summed E-state index contributed by atoms with van der Waals surface area (Å²) in [5, 5.41) is -0.238. The van der Waals surface area contributed by atoms with Gasteiger partial charge >= 0.3 is 11.9 Å². The number of alkyl halides is 1. The van der Waals surface area contributed by atoms with Crippen molar-refractivity contribution in [1.82, 2.24) is 0 Å². The number of esters is 2. The number of rotatable bonds is 14. The Morgan fingerprint density at radius 2 is 1.35 bits per heavy atom. The minimum atomic E-state index is -0.638. The summed E-state index contributed by atoms with van der Waals surface area (Å²) in [6.07, 6.45) is 8.74. The summed E-state index contributed by atoms with van der Waals surface area (Å²) in [6, 6.07) is 21.6. The van der Waals surface area contributed by atoms with Crippen LogP contribution in [-0.4, -0.2) is 30.5 Å². The summed E-state index contributed by atoms with van der Waals surface area (Å²) in [5.41, 5.74) is 2.99. The van der Waals surface area contributed by atoms with Gasteiger partial charge in [-0.15, -0.1) is 11.6 Å². The maximum absolute atomic E-state index is 12.2. The predicted molar refractivity (Wildman–Crippen MR) is 160 cm³/mol. The minimum absolute atomic E-state index is 0.160. The molecule has 3 rings (SSSR count). The van der Waals surface area contributed by atoms with E-state index in [1.54, 1.807) is 31.2 Å². The summed E-state index contributed by atoms with van der Waals surface area (Å²) in [7, 11) is 0. The molecule has 40 heavy (non-hydrogen) atoms. The number of benzene rings is 3. The molecular formula is C34H37ClO5. The fourth-order valence-electron chi connectivity index (χ4n) is 3.93. The Morgan fingerprint density at radius 1 is 0.775 bits per heavy atom. The molecule has 3 aromatic rings. The molecule has 0 saturated heterocycles. The standard InChI is InChI=1S/C34H37ClO5/c1-3-4-5-6-7-8-9-24-38-31-19-10-27(11-20-31)12-23-33(36)40-32-21-17-29(18-22-32)28-13-15-30(16-14-28)34(37)39-25-26(2)35/h10-11,13-22,26H,3-9,24-25H2,1-2H3/t26-/m1/s1. The van der Waals surface area contributed by atoms with Crippen molar-refractivity contribution in [2.75, 3.05) is 13.2 Å². The summed E-state index contributed by atoms with van der Waals surface area (Å²) < 4.78 is 16.3. The van der Waals surface area contributed by atoms with Gasteiger partial charge in [0.2, 0.25) is 0 Å². The molecule has 0 saturated carbocycles. The van der Waals surface area contributed by atoms with Crippen LogP contribution in [0.25, 0.3) is 11.1 Å². The van der Waals surface area contributed by atoms with Crippen LogP contribution in [0.5, 0.6) is 11.5 Å². The SMILES string of the molecule is CCCCCCCCCOc1ccc(C#CC(=O)Oc2ccc(-c3ccc(C(=O)OC[C@@H](C)Cl)cc3)cc2)cc1. The lowest BCUT2D eigenvalue weighted by molar-refractivity contribution is -0.128. The Bertz CT molecular complexity index is 1250. The zero-order valence-corrected chi connectivity index (χ0v) is 24.0. The first-order valence-electron chi connectivity index (χ1n) is 13.9. The van der Waals surface area contributed by atoms with E-state index in [4.69, 9.17) is 25.8 Å². The largest absolute Gasteiger partial charge is 0.494 e. The van der Waals surface area contributed by atoms with Crippen molar-refractivity contribution < 1.29 is 23.8 Å². The smallest absolute Gasteiger partial charge is 0.390 e. The maximum atomic E-state index is 12.2. The van der Waals surface area contributed by atoms with Crippen LogP contribution >= 0.6 is 11.6 Å². The van der Waals surface area contributed by atoms with Gasteiger partial charge in [0.05, 0.1) is 17.5 Å². The van der Waals surface area contributed by atoms with Crippen molar-refractivity contribution >= 4 is 23.5 Å².